The normalized spacial score (nSPS) is 12.3. The molecule has 24 heavy (non-hydrogen) atoms. The molecule has 3 rings (SSSR count). The SMILES string of the molecule is CC(=O)[O-].Oc1ccc2ccccc2c1N=NC1=CC=C=CC1.[Hg+]. The van der Waals surface area contributed by atoms with Gasteiger partial charge in [0, 0.05) is 17.8 Å². The van der Waals surface area contributed by atoms with Crippen molar-refractivity contribution < 1.29 is 42.7 Å². The molecule has 0 spiro atoms. The van der Waals surface area contributed by atoms with Crippen molar-refractivity contribution in [2.24, 2.45) is 10.2 Å². The van der Waals surface area contributed by atoms with Crippen LogP contribution < -0.4 is 5.11 Å². The zero-order valence-electron chi connectivity index (χ0n) is 13.3. The molecule has 0 atom stereocenters. The smallest absolute Gasteiger partial charge is 0.550 e. The van der Waals surface area contributed by atoms with E-state index in [2.05, 4.69) is 16.0 Å². The molecule has 0 heterocycles. The van der Waals surface area contributed by atoms with Crippen LogP contribution in [-0.4, -0.2) is 11.1 Å². The summed E-state index contributed by atoms with van der Waals surface area (Å²) in [6.45, 7) is 0.972. The molecule has 0 amide bonds. The summed E-state index contributed by atoms with van der Waals surface area (Å²) >= 11 is 0. The Kier molecular flexibility index (Phi) is 8.09. The summed E-state index contributed by atoms with van der Waals surface area (Å²) in [7, 11) is 0. The van der Waals surface area contributed by atoms with E-state index in [4.69, 9.17) is 9.90 Å². The van der Waals surface area contributed by atoms with E-state index in [0.29, 0.717) is 12.1 Å². The fourth-order valence-corrected chi connectivity index (χ4v) is 1.98. The average Bonchev–Trinajstić information content (AvgIpc) is 2.54. The fraction of sp³-hybridized carbons (Fsp3) is 0.111. The van der Waals surface area contributed by atoms with Gasteiger partial charge in [0.1, 0.15) is 11.4 Å². The quantitative estimate of drug-likeness (QED) is 0.384. The average molecular weight is 508 g/mol. The van der Waals surface area contributed by atoms with E-state index in [9.17, 15) is 5.11 Å². The third-order valence-corrected chi connectivity index (χ3v) is 2.96. The number of carboxylic acids is 1. The maximum Gasteiger partial charge on any atom is 1.00 e. The van der Waals surface area contributed by atoms with Gasteiger partial charge < -0.3 is 15.0 Å². The van der Waals surface area contributed by atoms with Crippen LogP contribution >= 0.6 is 0 Å². The molecule has 2 aromatic carbocycles. The number of hydrogen-bond donors (Lipinski definition) is 1. The van der Waals surface area contributed by atoms with E-state index in [0.717, 1.165) is 23.4 Å². The number of aromatic hydroxyl groups is 1. The third-order valence-electron chi connectivity index (χ3n) is 2.96. The second kappa shape index (κ2) is 9.80. The van der Waals surface area contributed by atoms with Crippen LogP contribution in [0.2, 0.25) is 0 Å². The van der Waals surface area contributed by atoms with E-state index < -0.39 is 5.97 Å². The zero-order valence-corrected chi connectivity index (χ0v) is 18.8. The van der Waals surface area contributed by atoms with Crippen LogP contribution in [0.4, 0.5) is 5.69 Å². The Hall–Kier alpha value is -2.23. The van der Waals surface area contributed by atoms with Gasteiger partial charge in [0.05, 0.1) is 5.70 Å². The predicted molar refractivity (Wildman–Crippen MR) is 86.2 cm³/mol. The molecular weight excluding hydrogens is 493 g/mol. The number of carbonyl (C=O) groups excluding carboxylic acids is 1. The monoisotopic (exact) mass is 509 g/mol. The van der Waals surface area contributed by atoms with Gasteiger partial charge in [0.2, 0.25) is 0 Å². The number of allylic oxidation sites excluding steroid dienone is 2. The number of azo groups is 1. The number of carbonyl (C=O) groups is 1. The Bertz CT molecular complexity index is 846. The minimum atomic E-state index is -1.08. The predicted octanol–water partition coefficient (Wildman–Crippen LogP) is 3.38. The Balaban J connectivity index is 0.000000522. The number of nitrogens with zero attached hydrogens (tertiary/aromatic N) is 2. The van der Waals surface area contributed by atoms with Crippen LogP contribution in [0, 0.1) is 0 Å². The molecule has 0 unspecified atom stereocenters. The van der Waals surface area contributed by atoms with Crippen LogP contribution in [0.5, 0.6) is 5.75 Å². The number of phenolic OH excluding ortho intramolecular Hbond substituents is 1. The Morgan fingerprint density at radius 3 is 2.58 bits per heavy atom. The van der Waals surface area contributed by atoms with E-state index in [1.54, 1.807) is 12.1 Å². The first kappa shape index (κ1) is 19.8. The third kappa shape index (κ3) is 5.76. The van der Waals surface area contributed by atoms with Gasteiger partial charge in [-0.2, -0.15) is 5.11 Å². The van der Waals surface area contributed by atoms with Crippen LogP contribution in [0.3, 0.4) is 0 Å². The van der Waals surface area contributed by atoms with Gasteiger partial charge in [0.25, 0.3) is 0 Å². The summed E-state index contributed by atoms with van der Waals surface area (Å²) in [5, 5.41) is 29.1. The maximum absolute atomic E-state index is 9.94. The number of benzene rings is 2. The molecule has 2 aromatic rings. The van der Waals surface area contributed by atoms with E-state index >= 15 is 0 Å². The molecule has 1 aliphatic rings. The molecule has 0 bridgehead atoms. The standard InChI is InChI=1S/C16H12N2O.C2H4O2.Hg/c19-15-11-10-12-6-4-5-9-14(12)16(15)18-17-13-7-2-1-3-8-13;1-2(3)4;/h2-7,9-11,19H,8H2;1H3,(H,3,4);/q;;+1/p-1. The molecule has 1 N–H and O–H groups in total. The summed E-state index contributed by atoms with van der Waals surface area (Å²) in [5.74, 6) is -0.940. The van der Waals surface area contributed by atoms with Gasteiger partial charge in [-0.25, -0.2) is 0 Å². The van der Waals surface area contributed by atoms with Crippen molar-refractivity contribution in [3.63, 3.8) is 0 Å². The Labute approximate surface area is 160 Å². The number of rotatable bonds is 2. The number of phenols is 1. The largest absolute Gasteiger partial charge is 1.00 e. The van der Waals surface area contributed by atoms with Crippen LogP contribution in [0.25, 0.3) is 10.8 Å². The van der Waals surface area contributed by atoms with E-state index in [1.807, 2.05) is 42.5 Å². The fourth-order valence-electron chi connectivity index (χ4n) is 1.98. The molecule has 117 valence electrons. The van der Waals surface area contributed by atoms with Crippen molar-refractivity contribution in [3.8, 4) is 5.75 Å². The van der Waals surface area contributed by atoms with Gasteiger partial charge in [-0.3, -0.25) is 0 Å². The summed E-state index contributed by atoms with van der Waals surface area (Å²) in [5.41, 5.74) is 4.34. The summed E-state index contributed by atoms with van der Waals surface area (Å²) < 4.78 is 0. The second-order valence-electron chi connectivity index (χ2n) is 4.75. The summed E-state index contributed by atoms with van der Waals surface area (Å²) in [6.07, 6.45) is 6.29. The van der Waals surface area contributed by atoms with Gasteiger partial charge >= 0.3 is 27.7 Å². The molecule has 5 nitrogen and oxygen atoms in total. The molecule has 1 aliphatic carbocycles. The molecule has 0 saturated carbocycles. The van der Waals surface area contributed by atoms with Gasteiger partial charge in [-0.15, -0.1) is 10.8 Å². The summed E-state index contributed by atoms with van der Waals surface area (Å²) in [6, 6.07) is 11.3. The first-order valence-corrected chi connectivity index (χ1v) is 6.98. The first-order chi connectivity index (χ1) is 11.1. The van der Waals surface area contributed by atoms with E-state index in [-0.39, 0.29) is 33.4 Å². The van der Waals surface area contributed by atoms with Gasteiger partial charge in [-0.1, -0.05) is 30.3 Å². The molecule has 0 saturated heterocycles. The van der Waals surface area contributed by atoms with E-state index in [1.165, 1.54) is 0 Å². The Morgan fingerprint density at radius 1 is 1.21 bits per heavy atom. The zero-order chi connectivity index (χ0) is 16.7. The molecule has 0 aliphatic heterocycles. The van der Waals surface area contributed by atoms with Crippen molar-refractivity contribution >= 4 is 22.4 Å². The van der Waals surface area contributed by atoms with Crippen molar-refractivity contribution in [2.45, 2.75) is 13.3 Å². The molecule has 6 heteroatoms. The van der Waals surface area contributed by atoms with Crippen molar-refractivity contribution in [1.29, 1.82) is 0 Å². The minimum Gasteiger partial charge on any atom is -0.550 e. The van der Waals surface area contributed by atoms with Gasteiger partial charge in [-0.05, 0) is 36.6 Å². The topological polar surface area (TPSA) is 85.1 Å². The minimum absolute atomic E-state index is 0. The number of fused-ring (bicyclic) bond motifs is 1. The van der Waals surface area contributed by atoms with Crippen LogP contribution in [0.1, 0.15) is 13.3 Å². The van der Waals surface area contributed by atoms with Crippen molar-refractivity contribution in [3.05, 3.63) is 66.1 Å². The molecule has 0 aromatic heterocycles. The van der Waals surface area contributed by atoms with Crippen LogP contribution in [-0.2, 0) is 32.5 Å². The summed E-state index contributed by atoms with van der Waals surface area (Å²) in [4.78, 5) is 8.89. The number of aliphatic carboxylic acids is 1. The molecule has 1 radical (unpaired) electrons. The van der Waals surface area contributed by atoms with Crippen LogP contribution in [0.15, 0.2) is 76.3 Å². The van der Waals surface area contributed by atoms with Gasteiger partial charge in [0.15, 0.2) is 0 Å². The maximum atomic E-state index is 9.94. The molecule has 0 fully saturated rings. The molecular formula is C18H15HgN2O3. The van der Waals surface area contributed by atoms with Crippen molar-refractivity contribution in [2.75, 3.05) is 0 Å². The second-order valence-corrected chi connectivity index (χ2v) is 4.75. The first-order valence-electron chi connectivity index (χ1n) is 6.98. The Morgan fingerprint density at radius 2 is 1.92 bits per heavy atom. The number of carboxylic acid groups (broad SMARTS) is 1. The van der Waals surface area contributed by atoms with Crippen molar-refractivity contribution in [1.82, 2.24) is 0 Å². The number of hydrogen-bond acceptors (Lipinski definition) is 5.